The first-order valence-corrected chi connectivity index (χ1v) is 26.6. The summed E-state index contributed by atoms with van der Waals surface area (Å²) in [5.41, 5.74) is 5.31. The van der Waals surface area contributed by atoms with Gasteiger partial charge in [0.15, 0.2) is 0 Å². The molecule has 0 radical (unpaired) electrons. The van der Waals surface area contributed by atoms with Crippen molar-refractivity contribution < 1.29 is 33.4 Å². The van der Waals surface area contributed by atoms with Crippen LogP contribution in [0.1, 0.15) is 93.4 Å². The molecule has 0 bridgehead atoms. The summed E-state index contributed by atoms with van der Waals surface area (Å²) >= 11 is 6.25. The first-order chi connectivity index (χ1) is 36.0. The van der Waals surface area contributed by atoms with Crippen LogP contribution >= 0.6 is 11.6 Å². The molecule has 0 unspecified atom stereocenters. The molecule has 2 fully saturated rings. The van der Waals surface area contributed by atoms with Gasteiger partial charge in [-0.25, -0.2) is 4.98 Å². The van der Waals surface area contributed by atoms with Crippen LogP contribution in [-0.4, -0.2) is 131 Å². The lowest BCUT2D eigenvalue weighted by Gasteiger charge is -2.40. The molecule has 1 saturated heterocycles. The van der Waals surface area contributed by atoms with E-state index in [0.717, 1.165) is 53.0 Å². The molecule has 1 aliphatic carbocycles. The zero-order chi connectivity index (χ0) is 53.9. The van der Waals surface area contributed by atoms with E-state index >= 15 is 9.59 Å². The van der Waals surface area contributed by atoms with E-state index in [2.05, 4.69) is 33.9 Å². The van der Waals surface area contributed by atoms with Crippen molar-refractivity contribution in [3.8, 4) is 22.8 Å². The van der Waals surface area contributed by atoms with E-state index in [9.17, 15) is 14.4 Å². The fourth-order valence-electron chi connectivity index (χ4n) is 10.4. The number of amides is 5. The maximum atomic E-state index is 15.3. The van der Waals surface area contributed by atoms with Crippen molar-refractivity contribution in [3.05, 3.63) is 136 Å². The molecule has 7 atom stereocenters. The third kappa shape index (κ3) is 14.0. The number of aryl methyl sites for hydroxylation is 1. The van der Waals surface area contributed by atoms with Gasteiger partial charge >= 0.3 is 0 Å². The Labute approximate surface area is 447 Å². The first kappa shape index (κ1) is 56.2. The topological polar surface area (TPSA) is 159 Å². The van der Waals surface area contributed by atoms with E-state index in [0.29, 0.717) is 41.3 Å². The number of benzene rings is 4. The third-order valence-electron chi connectivity index (χ3n) is 15.3. The summed E-state index contributed by atoms with van der Waals surface area (Å²) in [6.45, 7) is 5.57. The van der Waals surface area contributed by atoms with Crippen LogP contribution in [0, 0.1) is 5.92 Å². The highest BCUT2D eigenvalue weighted by molar-refractivity contribution is 6.30. The van der Waals surface area contributed by atoms with Gasteiger partial charge < -0.3 is 39.4 Å². The van der Waals surface area contributed by atoms with E-state index in [1.165, 1.54) is 16.9 Å². The number of likely N-dealkylation sites (N-methyl/N-ethyl adjacent to an activating group) is 2. The van der Waals surface area contributed by atoms with E-state index in [1.807, 2.05) is 112 Å². The lowest BCUT2D eigenvalue weighted by molar-refractivity contribution is -0.147. The first-order valence-electron chi connectivity index (χ1n) is 26.2. The smallest absolute Gasteiger partial charge is 0.247 e. The maximum absolute atomic E-state index is 15.3. The number of rotatable bonds is 14. The molecule has 2 heterocycles. The molecule has 75 heavy (non-hydrogen) atoms. The number of methoxy groups -OCH3 is 1. The number of carbonyl (C=O) groups excluding carboxylic acids is 5. The lowest BCUT2D eigenvalue weighted by atomic mass is 9.87. The fourth-order valence-corrected chi connectivity index (χ4v) is 10.5. The number of halogens is 1. The molecule has 1 saturated carbocycles. The number of ether oxygens (including phenoxy) is 2. The Morgan fingerprint density at radius 3 is 2.16 bits per heavy atom. The van der Waals surface area contributed by atoms with Gasteiger partial charge in [-0.1, -0.05) is 86.0 Å². The van der Waals surface area contributed by atoms with Crippen LogP contribution in [0.4, 0.5) is 0 Å². The minimum Gasteiger partial charge on any atom is -0.457 e. The minimum atomic E-state index is -1.18. The Kier molecular flexibility index (Phi) is 19.3. The van der Waals surface area contributed by atoms with E-state index < -0.39 is 41.8 Å². The van der Waals surface area contributed by atoms with Crippen LogP contribution in [-0.2, 0) is 61.6 Å². The third-order valence-corrected chi connectivity index (χ3v) is 15.5. The highest BCUT2D eigenvalue weighted by Crippen LogP contribution is 2.33. The second kappa shape index (κ2) is 25.8. The van der Waals surface area contributed by atoms with Crippen LogP contribution in [0.25, 0.3) is 11.3 Å². The van der Waals surface area contributed by atoms with Gasteiger partial charge in [-0.2, -0.15) is 0 Å². The summed E-state index contributed by atoms with van der Waals surface area (Å²) in [4.78, 5) is 85.7. The van der Waals surface area contributed by atoms with Gasteiger partial charge in [0.2, 0.25) is 29.5 Å². The molecule has 4 aromatic carbocycles. The minimum absolute atomic E-state index is 0.0400. The zero-order valence-corrected chi connectivity index (χ0v) is 45.8. The van der Waals surface area contributed by atoms with Gasteiger partial charge in [-0.3, -0.25) is 28.9 Å². The molecule has 2 N–H and O–H groups in total. The van der Waals surface area contributed by atoms with Gasteiger partial charge in [0, 0.05) is 69.3 Å². The Bertz CT molecular complexity index is 2750. The van der Waals surface area contributed by atoms with E-state index in [4.69, 9.17) is 26.1 Å². The molecule has 16 heteroatoms. The zero-order valence-electron chi connectivity index (χ0n) is 45.1. The van der Waals surface area contributed by atoms with Crippen molar-refractivity contribution in [1.82, 2.24) is 39.8 Å². The number of aromatic nitrogens is 2. The molecular formula is C59H75ClN8O7. The predicted molar refractivity (Wildman–Crippen MR) is 292 cm³/mol. The predicted octanol–water partition coefficient (Wildman–Crippen LogP) is 8.17. The largest absolute Gasteiger partial charge is 0.457 e. The van der Waals surface area contributed by atoms with Crippen molar-refractivity contribution in [2.45, 2.75) is 121 Å². The normalized spacial score (nSPS) is 22.1. The Balaban J connectivity index is 1.26. The average molecular weight is 1040 g/mol. The Morgan fingerprint density at radius 1 is 0.800 bits per heavy atom. The number of imidazole rings is 1. The van der Waals surface area contributed by atoms with Crippen molar-refractivity contribution in [1.29, 1.82) is 0 Å². The number of hydrogen-bond donors (Lipinski definition) is 2. The van der Waals surface area contributed by atoms with E-state index in [-0.39, 0.29) is 62.4 Å². The molecule has 7 rings (SSSR count). The standard InChI is InChI=1S/C59H75ClN8O7/c1-10-40-20-23-44(53(32-40)75-48-28-24-43(25-29-48)52-35-61-56(66(52)7)38(2)64(4)5)36-68-39(3)57(71)63-50(37-74-9)59(73)65(6)47(31-42-21-26-46(60)27-22-42)34-54(69)62-49-18-14-15-19-51(49)67(8)58(72)45(33-55(68)70)30-41-16-12-11-13-17-41/h11-13,16-17,20-29,32,35,38-39,45,47,49-51H,10,14-15,18-19,30-31,33-34,36-37H2,1-9H3,(H,62,69)(H,63,71)/t38-,39+,45-,47+,49+,50+,51+/m1/s1. The summed E-state index contributed by atoms with van der Waals surface area (Å²) in [5, 5.41) is 6.74. The van der Waals surface area contributed by atoms with Gasteiger partial charge in [0.05, 0.1) is 43.0 Å². The lowest BCUT2D eigenvalue weighted by Crippen LogP contribution is -2.58. The highest BCUT2D eigenvalue weighted by Gasteiger charge is 2.39. The van der Waals surface area contributed by atoms with Crippen molar-refractivity contribution >= 4 is 41.1 Å². The fraction of sp³-hybridized carbons (Fsp3) is 0.458. The Morgan fingerprint density at radius 2 is 1.48 bits per heavy atom. The summed E-state index contributed by atoms with van der Waals surface area (Å²) in [5.74, 6) is -0.781. The average Bonchev–Trinajstić information content (AvgIpc) is 3.79. The second-order valence-electron chi connectivity index (χ2n) is 20.5. The molecule has 15 nitrogen and oxygen atoms in total. The van der Waals surface area contributed by atoms with Crippen LogP contribution in [0.2, 0.25) is 5.02 Å². The van der Waals surface area contributed by atoms with Gasteiger partial charge in [-0.05, 0) is 119 Å². The SMILES string of the molecule is CCc1ccc(CN2C(=O)C[C@@H](Cc3ccccc3)C(=O)N(C)[C@H]3CCCC[C@@H]3NC(=O)C[C@H](Cc3ccc(Cl)cc3)N(C)C(=O)[C@H](COC)NC(=O)[C@@H]2C)c(Oc2ccc(-c3cnc([C@@H](C)N(C)C)n3C)cc2)c1. The molecular weight excluding hydrogens is 968 g/mol. The second-order valence-corrected chi connectivity index (χ2v) is 21.0. The molecule has 0 spiro atoms. The molecule has 5 aromatic rings. The molecule has 1 aliphatic heterocycles. The van der Waals surface area contributed by atoms with Crippen LogP contribution in [0.3, 0.4) is 0 Å². The van der Waals surface area contributed by atoms with Gasteiger partial charge in [-0.15, -0.1) is 0 Å². The van der Waals surface area contributed by atoms with Gasteiger partial charge in [0.25, 0.3) is 0 Å². The summed E-state index contributed by atoms with van der Waals surface area (Å²) < 4.78 is 14.3. The number of nitrogens with one attached hydrogen (secondary N) is 2. The molecule has 1 aromatic heterocycles. The van der Waals surface area contributed by atoms with Crippen LogP contribution < -0.4 is 15.4 Å². The maximum Gasteiger partial charge on any atom is 0.247 e. The molecule has 5 amide bonds. The molecule has 400 valence electrons. The summed E-state index contributed by atoms with van der Waals surface area (Å²) in [6.07, 6.45) is 5.97. The molecule has 2 aliphatic rings. The van der Waals surface area contributed by atoms with Crippen LogP contribution in [0.5, 0.6) is 11.5 Å². The van der Waals surface area contributed by atoms with Crippen LogP contribution in [0.15, 0.2) is 103 Å². The highest BCUT2D eigenvalue weighted by atomic mass is 35.5. The van der Waals surface area contributed by atoms with Crippen molar-refractivity contribution in [2.75, 3.05) is 41.9 Å². The van der Waals surface area contributed by atoms with Gasteiger partial charge in [0.1, 0.15) is 29.4 Å². The van der Waals surface area contributed by atoms with Crippen molar-refractivity contribution in [2.24, 2.45) is 13.0 Å². The quantitative estimate of drug-likeness (QED) is 0.112. The monoisotopic (exact) mass is 1040 g/mol. The number of fused-ring (bicyclic) bond motifs is 1. The number of hydrogen-bond acceptors (Lipinski definition) is 9. The van der Waals surface area contributed by atoms with E-state index in [1.54, 1.807) is 38.1 Å². The van der Waals surface area contributed by atoms with Crippen molar-refractivity contribution in [3.63, 3.8) is 0 Å². The number of nitrogens with zero attached hydrogens (tertiary/aromatic N) is 6. The number of carbonyl (C=O) groups is 5. The Hall–Kier alpha value is -6.55. The summed E-state index contributed by atoms with van der Waals surface area (Å²) in [7, 11) is 10.9. The summed E-state index contributed by atoms with van der Waals surface area (Å²) in [6, 6.07) is 27.0.